The van der Waals surface area contributed by atoms with Gasteiger partial charge in [-0.05, 0) is 60.6 Å². The number of nitrogen functional groups attached to an aromatic ring is 1. The van der Waals surface area contributed by atoms with Gasteiger partial charge in [0.15, 0.2) is 5.13 Å². The van der Waals surface area contributed by atoms with Crippen molar-refractivity contribution in [2.24, 2.45) is 0 Å². The number of nitrogens with two attached hydrogens (primary N) is 1. The number of hydrogen-bond donors (Lipinski definition) is 2. The third kappa shape index (κ3) is 3.69. The number of carbonyl (C=O) groups excluding carboxylic acids is 1. The van der Waals surface area contributed by atoms with Gasteiger partial charge in [-0.15, -0.1) is 11.3 Å². The molecule has 0 fully saturated rings. The predicted octanol–water partition coefficient (Wildman–Crippen LogP) is 6.02. The summed E-state index contributed by atoms with van der Waals surface area (Å²) in [5.41, 5.74) is 11.5. The second kappa shape index (κ2) is 8.38. The molecule has 1 unspecified atom stereocenters. The zero-order valence-electron chi connectivity index (χ0n) is 18.5. The molecular weight excluding hydrogens is 464 g/mol. The van der Waals surface area contributed by atoms with Gasteiger partial charge in [0.05, 0.1) is 23.0 Å². The molecule has 0 aliphatic heterocycles. The van der Waals surface area contributed by atoms with E-state index in [1.54, 1.807) is 7.11 Å². The van der Waals surface area contributed by atoms with Gasteiger partial charge in [0, 0.05) is 11.1 Å². The van der Waals surface area contributed by atoms with Gasteiger partial charge in [0.1, 0.15) is 15.5 Å². The van der Waals surface area contributed by atoms with Gasteiger partial charge in [-0.25, -0.2) is 9.97 Å². The molecule has 3 N–H and O–H groups in total. The summed E-state index contributed by atoms with van der Waals surface area (Å²) in [7, 11) is 1.63. The number of nitrogens with one attached hydrogen (secondary N) is 1. The van der Waals surface area contributed by atoms with E-state index in [4.69, 9.17) is 15.5 Å². The number of fused-ring (bicyclic) bond motifs is 3. The number of rotatable bonds is 4. The number of anilines is 2. The van der Waals surface area contributed by atoms with Crippen LogP contribution in [0, 0.1) is 0 Å². The average Bonchev–Trinajstić information content (AvgIpc) is 3.42. The van der Waals surface area contributed by atoms with Gasteiger partial charge in [0.2, 0.25) is 0 Å². The highest BCUT2D eigenvalue weighted by atomic mass is 32.1. The summed E-state index contributed by atoms with van der Waals surface area (Å²) in [5, 5.41) is 4.30. The van der Waals surface area contributed by atoms with Crippen molar-refractivity contribution in [3.63, 3.8) is 0 Å². The first-order chi connectivity index (χ1) is 16.6. The molecule has 1 amide bonds. The van der Waals surface area contributed by atoms with Gasteiger partial charge < -0.3 is 10.5 Å². The van der Waals surface area contributed by atoms with Crippen molar-refractivity contribution in [3.8, 4) is 5.75 Å². The quantitative estimate of drug-likeness (QED) is 0.324. The largest absolute Gasteiger partial charge is 0.497 e. The number of ether oxygens (including phenoxy) is 1. The summed E-state index contributed by atoms with van der Waals surface area (Å²) in [4.78, 5) is 23.8. The minimum atomic E-state index is -0.258. The van der Waals surface area contributed by atoms with Crippen molar-refractivity contribution in [1.29, 1.82) is 0 Å². The number of aromatic nitrogens is 2. The lowest BCUT2D eigenvalue weighted by Gasteiger charge is -2.24. The zero-order valence-corrected chi connectivity index (χ0v) is 20.1. The smallest absolute Gasteiger partial charge is 0.269 e. The Labute approximate surface area is 204 Å². The Morgan fingerprint density at radius 2 is 1.97 bits per heavy atom. The molecule has 34 heavy (non-hydrogen) atoms. The van der Waals surface area contributed by atoms with Crippen LogP contribution in [0.2, 0.25) is 0 Å². The number of pyridine rings is 1. The van der Waals surface area contributed by atoms with Crippen LogP contribution >= 0.6 is 22.7 Å². The second-order valence-corrected chi connectivity index (χ2v) is 10.5. The SMILES string of the molecule is COc1ccc2nc(NC(=O)c3sc4nc5c(cc4c3N)CC(c3ccccc3)CC5)sc2c1. The Morgan fingerprint density at radius 3 is 2.79 bits per heavy atom. The Kier molecular flexibility index (Phi) is 5.19. The third-order valence-electron chi connectivity index (χ3n) is 6.38. The van der Waals surface area contributed by atoms with Crippen molar-refractivity contribution < 1.29 is 9.53 Å². The molecule has 5 aromatic rings. The third-order valence-corrected chi connectivity index (χ3v) is 8.43. The maximum atomic E-state index is 13.1. The Morgan fingerprint density at radius 1 is 1.12 bits per heavy atom. The number of hydrogen-bond acceptors (Lipinski definition) is 7. The van der Waals surface area contributed by atoms with E-state index in [9.17, 15) is 4.79 Å². The van der Waals surface area contributed by atoms with E-state index in [-0.39, 0.29) is 5.91 Å². The number of amides is 1. The van der Waals surface area contributed by atoms with Gasteiger partial charge in [0.25, 0.3) is 5.91 Å². The first-order valence-corrected chi connectivity index (χ1v) is 12.7. The number of thiophene rings is 1. The molecule has 1 atom stereocenters. The number of aryl methyl sites for hydroxylation is 1. The van der Waals surface area contributed by atoms with E-state index in [2.05, 4.69) is 46.7 Å². The van der Waals surface area contributed by atoms with E-state index < -0.39 is 0 Å². The summed E-state index contributed by atoms with van der Waals surface area (Å²) in [6, 6.07) is 18.4. The summed E-state index contributed by atoms with van der Waals surface area (Å²) >= 11 is 2.75. The number of carbonyl (C=O) groups is 1. The van der Waals surface area contributed by atoms with Crippen molar-refractivity contribution in [2.45, 2.75) is 25.2 Å². The highest BCUT2D eigenvalue weighted by Crippen LogP contribution is 2.39. The molecule has 1 aliphatic rings. The van der Waals surface area contributed by atoms with Gasteiger partial charge in [-0.2, -0.15) is 0 Å². The van der Waals surface area contributed by atoms with Crippen LogP contribution in [0.3, 0.4) is 0 Å². The lowest BCUT2D eigenvalue weighted by molar-refractivity contribution is 0.103. The maximum Gasteiger partial charge on any atom is 0.269 e. The van der Waals surface area contributed by atoms with E-state index in [1.807, 2.05) is 18.2 Å². The van der Waals surface area contributed by atoms with Crippen molar-refractivity contribution >= 4 is 59.8 Å². The highest BCUT2D eigenvalue weighted by Gasteiger charge is 2.25. The van der Waals surface area contributed by atoms with Crippen LogP contribution in [0.15, 0.2) is 54.6 Å². The number of thiazole rings is 1. The molecule has 170 valence electrons. The Bertz CT molecular complexity index is 1540. The normalized spacial score (nSPS) is 15.4. The van der Waals surface area contributed by atoms with Gasteiger partial charge >= 0.3 is 0 Å². The fourth-order valence-electron chi connectivity index (χ4n) is 4.61. The van der Waals surface area contributed by atoms with E-state index in [0.717, 1.165) is 51.1 Å². The van der Waals surface area contributed by atoms with Crippen LogP contribution in [0.4, 0.5) is 10.8 Å². The molecule has 8 heteroatoms. The van der Waals surface area contributed by atoms with Crippen LogP contribution in [-0.2, 0) is 12.8 Å². The minimum Gasteiger partial charge on any atom is -0.497 e. The summed E-state index contributed by atoms with van der Waals surface area (Å²) < 4.78 is 6.22. The maximum absolute atomic E-state index is 13.1. The standard InChI is InChI=1S/C26H22N4O2S2/c1-32-17-8-10-20-21(13-17)33-26(29-20)30-24(31)23-22(27)18-12-16-11-15(14-5-3-2-4-6-14)7-9-19(16)28-25(18)34-23/h2-6,8,10,12-13,15H,7,9,11,27H2,1H3,(H,29,30,31). The van der Waals surface area contributed by atoms with Gasteiger partial charge in [-0.3, -0.25) is 10.1 Å². The highest BCUT2D eigenvalue weighted by molar-refractivity contribution is 7.23. The van der Waals surface area contributed by atoms with Crippen molar-refractivity contribution in [1.82, 2.24) is 9.97 Å². The lowest BCUT2D eigenvalue weighted by Crippen LogP contribution is -2.14. The van der Waals surface area contributed by atoms with Crippen LogP contribution in [0.5, 0.6) is 5.75 Å². The summed E-state index contributed by atoms with van der Waals surface area (Å²) in [5.74, 6) is 0.979. The van der Waals surface area contributed by atoms with E-state index in [0.29, 0.717) is 21.6 Å². The van der Waals surface area contributed by atoms with E-state index in [1.165, 1.54) is 33.8 Å². The Hall–Kier alpha value is -3.49. The topological polar surface area (TPSA) is 90.1 Å². The Balaban J connectivity index is 1.29. The van der Waals surface area contributed by atoms with Crippen molar-refractivity contribution in [3.05, 3.63) is 76.3 Å². The van der Waals surface area contributed by atoms with Crippen molar-refractivity contribution in [2.75, 3.05) is 18.2 Å². The molecule has 2 aromatic carbocycles. The van der Waals surface area contributed by atoms with Crippen LogP contribution in [0.1, 0.15) is 38.8 Å². The molecule has 0 saturated heterocycles. The molecule has 6 rings (SSSR count). The first kappa shape index (κ1) is 21.1. The monoisotopic (exact) mass is 486 g/mol. The van der Waals surface area contributed by atoms with Crippen LogP contribution < -0.4 is 15.8 Å². The molecular formula is C26H22N4O2S2. The number of methoxy groups -OCH3 is 1. The summed E-state index contributed by atoms with van der Waals surface area (Å²) in [6.45, 7) is 0. The summed E-state index contributed by atoms with van der Waals surface area (Å²) in [6.07, 6.45) is 2.94. The number of benzene rings is 2. The van der Waals surface area contributed by atoms with E-state index >= 15 is 0 Å². The predicted molar refractivity (Wildman–Crippen MR) is 139 cm³/mol. The first-order valence-electron chi connectivity index (χ1n) is 11.1. The molecule has 0 spiro atoms. The molecule has 6 nitrogen and oxygen atoms in total. The minimum absolute atomic E-state index is 0.258. The lowest BCUT2D eigenvalue weighted by atomic mass is 9.82. The molecule has 1 aliphatic carbocycles. The van der Waals surface area contributed by atoms with Crippen LogP contribution in [0.25, 0.3) is 20.4 Å². The molecule has 0 radical (unpaired) electrons. The van der Waals surface area contributed by atoms with Gasteiger partial charge in [-0.1, -0.05) is 41.7 Å². The molecule has 0 saturated carbocycles. The molecule has 0 bridgehead atoms. The number of nitrogens with zero attached hydrogens (tertiary/aromatic N) is 2. The van der Waals surface area contributed by atoms with Crippen LogP contribution in [-0.4, -0.2) is 23.0 Å². The fraction of sp³-hybridized carbons (Fsp3) is 0.192. The average molecular weight is 487 g/mol. The zero-order chi connectivity index (χ0) is 23.2. The second-order valence-electron chi connectivity index (χ2n) is 8.45. The molecule has 3 aromatic heterocycles. The molecule has 3 heterocycles. The fourth-order valence-corrected chi connectivity index (χ4v) is 6.49.